The van der Waals surface area contributed by atoms with Gasteiger partial charge in [0.25, 0.3) is 0 Å². The summed E-state index contributed by atoms with van der Waals surface area (Å²) in [5, 5.41) is 11.9. The summed E-state index contributed by atoms with van der Waals surface area (Å²) in [6.45, 7) is 1.99. The average molecular weight is 349 g/mol. The number of nitro benzene ring substituents is 1. The first kappa shape index (κ1) is 15.9. The van der Waals surface area contributed by atoms with E-state index in [-0.39, 0.29) is 5.69 Å². The van der Waals surface area contributed by atoms with Gasteiger partial charge in [-0.05, 0) is 49.8 Å². The molecule has 24 heavy (non-hydrogen) atoms. The standard InChI is InChI=1S/C18H21ClN2O3/c19-15-11-13-10-14-6-2-3-7-18(14,20-8-4-1-5-9-20)24-17(13)16(12-15)21(22)23/h10-12H,1-9H2. The van der Waals surface area contributed by atoms with Crippen LogP contribution in [-0.2, 0) is 0 Å². The Bertz CT molecular complexity index is 712. The maximum absolute atomic E-state index is 11.5. The predicted octanol–water partition coefficient (Wildman–Crippen LogP) is 4.78. The minimum atomic E-state index is -0.496. The van der Waals surface area contributed by atoms with Crippen molar-refractivity contribution in [1.29, 1.82) is 0 Å². The molecule has 0 radical (unpaired) electrons. The van der Waals surface area contributed by atoms with Crippen molar-refractivity contribution >= 4 is 23.4 Å². The molecule has 1 saturated heterocycles. The van der Waals surface area contributed by atoms with Gasteiger partial charge in [-0.2, -0.15) is 0 Å². The molecule has 2 aliphatic heterocycles. The number of ether oxygens (including phenoxy) is 1. The maximum Gasteiger partial charge on any atom is 0.313 e. The number of nitro groups is 1. The van der Waals surface area contributed by atoms with Gasteiger partial charge in [0, 0.05) is 36.2 Å². The lowest BCUT2D eigenvalue weighted by Crippen LogP contribution is -2.58. The van der Waals surface area contributed by atoms with Crippen LogP contribution in [-0.4, -0.2) is 28.6 Å². The largest absolute Gasteiger partial charge is 0.461 e. The number of rotatable bonds is 2. The molecule has 2 fully saturated rings. The van der Waals surface area contributed by atoms with Crippen LogP contribution < -0.4 is 4.74 Å². The highest BCUT2D eigenvalue weighted by atomic mass is 35.5. The van der Waals surface area contributed by atoms with E-state index in [0.29, 0.717) is 10.8 Å². The number of nitrogens with zero attached hydrogens (tertiary/aromatic N) is 2. The Kier molecular flexibility index (Phi) is 4.01. The van der Waals surface area contributed by atoms with Gasteiger partial charge in [-0.25, -0.2) is 0 Å². The Morgan fingerprint density at radius 2 is 1.96 bits per heavy atom. The highest BCUT2D eigenvalue weighted by Crippen LogP contribution is 2.49. The zero-order valence-corrected chi connectivity index (χ0v) is 14.3. The summed E-state index contributed by atoms with van der Waals surface area (Å²) in [5.74, 6) is 0.376. The summed E-state index contributed by atoms with van der Waals surface area (Å²) in [6, 6.07) is 3.16. The van der Waals surface area contributed by atoms with Crippen LogP contribution in [0.4, 0.5) is 5.69 Å². The zero-order valence-electron chi connectivity index (χ0n) is 13.6. The monoisotopic (exact) mass is 348 g/mol. The second-order valence-electron chi connectivity index (χ2n) is 6.91. The van der Waals surface area contributed by atoms with Crippen LogP contribution in [0.1, 0.15) is 50.5 Å². The van der Waals surface area contributed by atoms with Crippen molar-refractivity contribution < 1.29 is 9.66 Å². The summed E-state index contributed by atoms with van der Waals surface area (Å²) in [7, 11) is 0. The van der Waals surface area contributed by atoms with E-state index in [2.05, 4.69) is 11.0 Å². The van der Waals surface area contributed by atoms with Crippen molar-refractivity contribution in [2.45, 2.75) is 50.7 Å². The van der Waals surface area contributed by atoms with Crippen LogP contribution in [0.3, 0.4) is 0 Å². The Hall–Kier alpha value is -1.59. The fourth-order valence-corrected chi connectivity index (χ4v) is 4.55. The molecule has 2 heterocycles. The highest BCUT2D eigenvalue weighted by molar-refractivity contribution is 6.31. The molecule has 1 unspecified atom stereocenters. The van der Waals surface area contributed by atoms with E-state index in [1.54, 1.807) is 6.07 Å². The van der Waals surface area contributed by atoms with E-state index in [1.165, 1.54) is 18.1 Å². The van der Waals surface area contributed by atoms with Crippen LogP contribution >= 0.6 is 11.6 Å². The van der Waals surface area contributed by atoms with Gasteiger partial charge in [0.1, 0.15) is 0 Å². The van der Waals surface area contributed by atoms with Crippen LogP contribution in [0, 0.1) is 10.1 Å². The molecule has 6 heteroatoms. The van der Waals surface area contributed by atoms with Crippen LogP contribution in [0.2, 0.25) is 5.02 Å². The van der Waals surface area contributed by atoms with E-state index < -0.39 is 10.6 Å². The smallest absolute Gasteiger partial charge is 0.313 e. The van der Waals surface area contributed by atoms with E-state index in [4.69, 9.17) is 16.3 Å². The van der Waals surface area contributed by atoms with Crippen LogP contribution in [0.15, 0.2) is 17.7 Å². The Labute approximate surface area is 146 Å². The number of hydrogen-bond acceptors (Lipinski definition) is 4. The van der Waals surface area contributed by atoms with Crippen molar-refractivity contribution in [1.82, 2.24) is 4.90 Å². The van der Waals surface area contributed by atoms with Crippen molar-refractivity contribution in [3.63, 3.8) is 0 Å². The molecule has 4 rings (SSSR count). The van der Waals surface area contributed by atoms with Crippen molar-refractivity contribution in [3.05, 3.63) is 38.4 Å². The second kappa shape index (κ2) is 6.05. The van der Waals surface area contributed by atoms with E-state index >= 15 is 0 Å². The van der Waals surface area contributed by atoms with Crippen molar-refractivity contribution in [2.24, 2.45) is 0 Å². The molecule has 0 spiro atoms. The molecular formula is C18H21ClN2O3. The number of benzene rings is 1. The SMILES string of the molecule is O=[N+]([O-])c1cc(Cl)cc2c1OC1(N3CCCCC3)CCCCC1=C2. The van der Waals surface area contributed by atoms with Gasteiger partial charge < -0.3 is 4.74 Å². The quantitative estimate of drug-likeness (QED) is 0.570. The lowest BCUT2D eigenvalue weighted by molar-refractivity contribution is -0.386. The van der Waals surface area contributed by atoms with Crippen molar-refractivity contribution in [3.8, 4) is 5.75 Å². The number of likely N-dealkylation sites (tertiary alicyclic amines) is 1. The third-order valence-corrected chi connectivity index (χ3v) is 5.66. The first-order chi connectivity index (χ1) is 11.6. The molecule has 5 nitrogen and oxygen atoms in total. The van der Waals surface area contributed by atoms with Gasteiger partial charge in [0.05, 0.1) is 4.92 Å². The molecule has 128 valence electrons. The molecule has 1 atom stereocenters. The third-order valence-electron chi connectivity index (χ3n) is 5.44. The molecule has 0 bridgehead atoms. The topological polar surface area (TPSA) is 55.6 Å². The molecule has 1 aliphatic carbocycles. The third kappa shape index (κ3) is 2.50. The molecule has 0 N–H and O–H groups in total. The minimum absolute atomic E-state index is 0.0326. The molecule has 0 amide bonds. The summed E-state index contributed by atoms with van der Waals surface area (Å²) in [6.07, 6.45) is 9.77. The first-order valence-electron chi connectivity index (χ1n) is 8.73. The Balaban J connectivity index is 1.84. The minimum Gasteiger partial charge on any atom is -0.461 e. The Morgan fingerprint density at radius 3 is 2.71 bits per heavy atom. The lowest BCUT2D eigenvalue weighted by atomic mass is 9.81. The number of halogens is 1. The van der Waals surface area contributed by atoms with Gasteiger partial charge in [0.2, 0.25) is 5.75 Å². The van der Waals surface area contributed by atoms with Crippen LogP contribution in [0.25, 0.3) is 6.08 Å². The Morgan fingerprint density at radius 1 is 1.17 bits per heavy atom. The number of piperidine rings is 1. The summed E-state index contributed by atoms with van der Waals surface area (Å²) in [5.41, 5.74) is 1.46. The van der Waals surface area contributed by atoms with Gasteiger partial charge in [-0.15, -0.1) is 0 Å². The fourth-order valence-electron chi connectivity index (χ4n) is 4.33. The summed E-state index contributed by atoms with van der Waals surface area (Å²) >= 11 is 6.08. The normalized spacial score (nSPS) is 26.8. The van der Waals surface area contributed by atoms with Gasteiger partial charge in [0.15, 0.2) is 5.72 Å². The molecule has 3 aliphatic rings. The fraction of sp³-hybridized carbons (Fsp3) is 0.556. The lowest BCUT2D eigenvalue weighted by Gasteiger charge is -2.50. The summed E-state index contributed by atoms with van der Waals surface area (Å²) in [4.78, 5) is 13.5. The zero-order chi connectivity index (χ0) is 16.7. The van der Waals surface area contributed by atoms with E-state index in [1.807, 2.05) is 0 Å². The first-order valence-corrected chi connectivity index (χ1v) is 9.11. The van der Waals surface area contributed by atoms with E-state index in [9.17, 15) is 10.1 Å². The molecular weight excluding hydrogens is 328 g/mol. The highest BCUT2D eigenvalue weighted by Gasteiger charge is 2.48. The molecule has 0 aromatic heterocycles. The molecule has 1 aromatic rings. The number of hydrogen-bond donors (Lipinski definition) is 0. The summed E-state index contributed by atoms with van der Waals surface area (Å²) < 4.78 is 6.47. The van der Waals surface area contributed by atoms with Gasteiger partial charge in [-0.1, -0.05) is 18.0 Å². The van der Waals surface area contributed by atoms with E-state index in [0.717, 1.165) is 57.2 Å². The second-order valence-corrected chi connectivity index (χ2v) is 7.35. The van der Waals surface area contributed by atoms with Gasteiger partial charge in [-0.3, -0.25) is 15.0 Å². The molecule has 1 aromatic carbocycles. The van der Waals surface area contributed by atoms with Crippen LogP contribution in [0.5, 0.6) is 5.75 Å². The average Bonchev–Trinajstić information content (AvgIpc) is 2.60. The number of fused-ring (bicyclic) bond motifs is 2. The maximum atomic E-state index is 11.5. The van der Waals surface area contributed by atoms with Gasteiger partial charge >= 0.3 is 5.69 Å². The molecule has 1 saturated carbocycles. The predicted molar refractivity (Wildman–Crippen MR) is 93.3 cm³/mol. The van der Waals surface area contributed by atoms with Crippen molar-refractivity contribution in [2.75, 3.05) is 13.1 Å².